The van der Waals surface area contributed by atoms with E-state index >= 15 is 0 Å². The molecule has 0 spiro atoms. The van der Waals surface area contributed by atoms with E-state index in [-0.39, 0.29) is 24.0 Å². The zero-order valence-corrected chi connectivity index (χ0v) is 17.2. The van der Waals surface area contributed by atoms with Gasteiger partial charge in [0.15, 0.2) is 0 Å². The van der Waals surface area contributed by atoms with Gasteiger partial charge < -0.3 is 5.32 Å². The molecule has 154 valence electrons. The fourth-order valence-electron chi connectivity index (χ4n) is 4.23. The maximum atomic E-state index is 12.5. The van der Waals surface area contributed by atoms with Crippen LogP contribution in [-0.2, 0) is 11.3 Å². The first-order chi connectivity index (χ1) is 13.5. The topological polar surface area (TPSA) is 64.7 Å². The summed E-state index contributed by atoms with van der Waals surface area (Å²) in [5, 5.41) is 5.49. The van der Waals surface area contributed by atoms with Crippen molar-refractivity contribution in [2.75, 3.05) is 26.2 Å². The molecule has 1 unspecified atom stereocenters. The van der Waals surface area contributed by atoms with Crippen LogP contribution >= 0.6 is 0 Å². The summed E-state index contributed by atoms with van der Waals surface area (Å²) in [6.45, 7) is 8.49. The second-order valence-electron chi connectivity index (χ2n) is 8.27. The van der Waals surface area contributed by atoms with E-state index in [1.54, 1.807) is 0 Å². The molecule has 1 saturated carbocycles. The molecule has 1 atom stereocenters. The van der Waals surface area contributed by atoms with Crippen molar-refractivity contribution in [3.8, 4) is 0 Å². The fraction of sp³-hybridized carbons (Fsp3) is 0.636. The molecule has 1 aliphatic carbocycles. The van der Waals surface area contributed by atoms with Crippen LogP contribution in [0.25, 0.3) is 0 Å². The molecule has 1 aromatic carbocycles. The highest BCUT2D eigenvalue weighted by atomic mass is 16.2. The van der Waals surface area contributed by atoms with Crippen LogP contribution in [0.15, 0.2) is 24.3 Å². The molecule has 1 heterocycles. The van der Waals surface area contributed by atoms with Crippen molar-refractivity contribution in [2.45, 2.75) is 64.6 Å². The lowest BCUT2D eigenvalue weighted by Crippen LogP contribution is -2.55. The Labute approximate surface area is 168 Å². The Hall–Kier alpha value is -1.92. The maximum Gasteiger partial charge on any atom is 0.321 e. The Morgan fingerprint density at radius 1 is 1.11 bits per heavy atom. The normalized spacial score (nSPS) is 20.5. The number of carbonyl (C=O) groups excluding carboxylic acids is 2. The monoisotopic (exact) mass is 386 g/mol. The molecule has 2 N–H and O–H groups in total. The van der Waals surface area contributed by atoms with Gasteiger partial charge in [-0.15, -0.1) is 0 Å². The summed E-state index contributed by atoms with van der Waals surface area (Å²) in [5.41, 5.74) is 2.62. The largest absolute Gasteiger partial charge is 0.335 e. The van der Waals surface area contributed by atoms with E-state index in [1.807, 2.05) is 6.92 Å². The third-order valence-corrected chi connectivity index (χ3v) is 6.00. The summed E-state index contributed by atoms with van der Waals surface area (Å²) in [5.74, 6) is -0.208. The summed E-state index contributed by atoms with van der Waals surface area (Å²) in [4.78, 5) is 29.2. The highest BCUT2D eigenvalue weighted by molar-refractivity contribution is 5.96. The number of hydrogen-bond donors (Lipinski definition) is 2. The standard InChI is InChI=1S/C22H34N4O2/c1-17-7-6-8-19(15-17)16-25-11-13-26(14-12-25)18(2)21(27)24-22(28)23-20-9-4-3-5-10-20/h6-8,15,18,20H,3-5,9-14,16H2,1-2H3,(H2,23,24,27,28). The zero-order valence-electron chi connectivity index (χ0n) is 17.2. The SMILES string of the molecule is Cc1cccc(CN2CCN(C(C)C(=O)NC(=O)NC3CCCCC3)CC2)c1. The van der Waals surface area contributed by atoms with Gasteiger partial charge in [-0.2, -0.15) is 0 Å². The Bertz CT molecular complexity index is 664. The molecule has 1 saturated heterocycles. The Morgan fingerprint density at radius 2 is 1.82 bits per heavy atom. The number of nitrogens with one attached hydrogen (secondary N) is 2. The van der Waals surface area contributed by atoms with Gasteiger partial charge in [0.05, 0.1) is 6.04 Å². The van der Waals surface area contributed by atoms with Crippen molar-refractivity contribution >= 4 is 11.9 Å². The van der Waals surface area contributed by atoms with Gasteiger partial charge in [-0.1, -0.05) is 49.1 Å². The minimum absolute atomic E-state index is 0.208. The van der Waals surface area contributed by atoms with Crippen molar-refractivity contribution in [3.05, 3.63) is 35.4 Å². The lowest BCUT2D eigenvalue weighted by atomic mass is 9.96. The van der Waals surface area contributed by atoms with Gasteiger partial charge in [-0.25, -0.2) is 4.79 Å². The first kappa shape index (κ1) is 20.8. The molecule has 0 aromatic heterocycles. The van der Waals surface area contributed by atoms with Crippen molar-refractivity contribution in [2.24, 2.45) is 0 Å². The molecule has 1 aliphatic heterocycles. The minimum Gasteiger partial charge on any atom is -0.335 e. The number of amides is 3. The number of imide groups is 1. The second kappa shape index (κ2) is 10.0. The summed E-state index contributed by atoms with van der Waals surface area (Å²) in [7, 11) is 0. The van der Waals surface area contributed by atoms with Crippen LogP contribution in [0.4, 0.5) is 4.79 Å². The van der Waals surface area contributed by atoms with E-state index in [0.717, 1.165) is 58.4 Å². The van der Waals surface area contributed by atoms with Crippen LogP contribution < -0.4 is 10.6 Å². The number of carbonyl (C=O) groups is 2. The van der Waals surface area contributed by atoms with E-state index in [0.29, 0.717) is 0 Å². The van der Waals surface area contributed by atoms with Gasteiger partial charge in [0, 0.05) is 38.8 Å². The van der Waals surface area contributed by atoms with Crippen LogP contribution in [0.5, 0.6) is 0 Å². The van der Waals surface area contributed by atoms with Gasteiger partial charge in [-0.3, -0.25) is 19.9 Å². The van der Waals surface area contributed by atoms with Gasteiger partial charge in [-0.05, 0) is 32.3 Å². The average Bonchev–Trinajstić information content (AvgIpc) is 2.68. The Morgan fingerprint density at radius 3 is 2.50 bits per heavy atom. The molecule has 1 aromatic rings. The third kappa shape index (κ3) is 6.04. The van der Waals surface area contributed by atoms with Crippen LogP contribution in [0, 0.1) is 6.92 Å². The number of benzene rings is 1. The number of aryl methyl sites for hydroxylation is 1. The molecule has 0 bridgehead atoms. The lowest BCUT2D eigenvalue weighted by Gasteiger charge is -2.37. The van der Waals surface area contributed by atoms with Crippen LogP contribution in [0.2, 0.25) is 0 Å². The van der Waals surface area contributed by atoms with E-state index in [1.165, 1.54) is 17.5 Å². The molecule has 3 rings (SSSR count). The smallest absolute Gasteiger partial charge is 0.321 e. The fourth-order valence-corrected chi connectivity index (χ4v) is 4.23. The van der Waals surface area contributed by atoms with Gasteiger partial charge in [0.2, 0.25) is 5.91 Å². The number of nitrogens with zero attached hydrogens (tertiary/aromatic N) is 2. The van der Waals surface area contributed by atoms with Crippen LogP contribution in [0.1, 0.15) is 50.2 Å². The van der Waals surface area contributed by atoms with E-state index in [2.05, 4.69) is 51.6 Å². The molecule has 3 amide bonds. The van der Waals surface area contributed by atoms with E-state index in [4.69, 9.17) is 0 Å². The summed E-state index contributed by atoms with van der Waals surface area (Å²) >= 11 is 0. The van der Waals surface area contributed by atoms with Crippen LogP contribution in [-0.4, -0.2) is 60.0 Å². The van der Waals surface area contributed by atoms with E-state index < -0.39 is 0 Å². The highest BCUT2D eigenvalue weighted by Crippen LogP contribution is 2.17. The van der Waals surface area contributed by atoms with E-state index in [9.17, 15) is 9.59 Å². The highest BCUT2D eigenvalue weighted by Gasteiger charge is 2.27. The number of rotatable bonds is 5. The number of hydrogen-bond acceptors (Lipinski definition) is 4. The predicted molar refractivity (Wildman–Crippen MR) is 111 cm³/mol. The first-order valence-corrected chi connectivity index (χ1v) is 10.6. The van der Waals surface area contributed by atoms with Crippen molar-refractivity contribution in [1.29, 1.82) is 0 Å². The minimum atomic E-state index is -0.346. The molecule has 0 radical (unpaired) electrons. The summed E-state index contributed by atoms with van der Waals surface area (Å²) < 4.78 is 0. The molecular formula is C22H34N4O2. The maximum absolute atomic E-state index is 12.5. The molecule has 2 fully saturated rings. The first-order valence-electron chi connectivity index (χ1n) is 10.6. The lowest BCUT2D eigenvalue weighted by molar-refractivity contribution is -0.125. The van der Waals surface area contributed by atoms with Crippen molar-refractivity contribution in [3.63, 3.8) is 0 Å². The van der Waals surface area contributed by atoms with Crippen LogP contribution in [0.3, 0.4) is 0 Å². The van der Waals surface area contributed by atoms with Crippen molar-refractivity contribution < 1.29 is 9.59 Å². The Balaban J connectivity index is 1.40. The number of piperazine rings is 1. The second-order valence-corrected chi connectivity index (χ2v) is 8.27. The average molecular weight is 387 g/mol. The molecule has 2 aliphatic rings. The van der Waals surface area contributed by atoms with Gasteiger partial charge >= 0.3 is 6.03 Å². The summed E-state index contributed by atoms with van der Waals surface area (Å²) in [6, 6.07) is 8.19. The van der Waals surface area contributed by atoms with Crippen molar-refractivity contribution in [1.82, 2.24) is 20.4 Å². The summed E-state index contributed by atoms with van der Waals surface area (Å²) in [6.07, 6.45) is 5.58. The quantitative estimate of drug-likeness (QED) is 0.817. The van der Waals surface area contributed by atoms with Gasteiger partial charge in [0.25, 0.3) is 0 Å². The van der Waals surface area contributed by atoms with Gasteiger partial charge in [0.1, 0.15) is 0 Å². The third-order valence-electron chi connectivity index (χ3n) is 6.00. The molecule has 6 nitrogen and oxygen atoms in total. The number of urea groups is 1. The molecular weight excluding hydrogens is 352 g/mol. The predicted octanol–water partition coefficient (Wildman–Crippen LogP) is 2.66. The molecule has 6 heteroatoms. The Kier molecular flexibility index (Phi) is 7.45. The molecule has 28 heavy (non-hydrogen) atoms. The zero-order chi connectivity index (χ0) is 19.9.